The topological polar surface area (TPSA) is 8.81 Å². The number of aromatic nitrogens is 2. The Morgan fingerprint density at radius 2 is 2.27 bits per heavy atom. The lowest BCUT2D eigenvalue weighted by Gasteiger charge is -1.90. The first-order valence-electron chi connectivity index (χ1n) is 3.59. The summed E-state index contributed by atoms with van der Waals surface area (Å²) in [5.41, 5.74) is 0. The average molecular weight is 284 g/mol. The van der Waals surface area contributed by atoms with E-state index in [1.807, 2.05) is 18.7 Å². The molecule has 0 saturated carbocycles. The minimum absolute atomic E-state index is 0. The number of rotatable bonds is 3. The van der Waals surface area contributed by atoms with Crippen LogP contribution >= 0.6 is 12.8 Å². The van der Waals surface area contributed by atoms with E-state index in [1.54, 1.807) is 3.97 Å². The number of imidazole rings is 1. The number of hydrogen-bond donors (Lipinski definition) is 1. The van der Waals surface area contributed by atoms with E-state index in [-0.39, 0.29) is 24.0 Å². The van der Waals surface area contributed by atoms with E-state index in [4.69, 9.17) is 0 Å². The molecule has 0 spiro atoms. The van der Waals surface area contributed by atoms with E-state index in [0.29, 0.717) is 0 Å². The number of aryl methyl sites for hydroxylation is 1. The minimum Gasteiger partial charge on any atom is -1.00 e. The van der Waals surface area contributed by atoms with Crippen molar-refractivity contribution in [3.63, 3.8) is 0 Å². The van der Waals surface area contributed by atoms with E-state index in [0.717, 1.165) is 6.54 Å². The molecule has 0 bridgehead atoms. The van der Waals surface area contributed by atoms with E-state index in [2.05, 4.69) is 24.3 Å². The second kappa shape index (κ2) is 5.88. The predicted octanol–water partition coefficient (Wildman–Crippen LogP) is -1.73. The molecule has 0 N–H and O–H groups in total. The zero-order chi connectivity index (χ0) is 7.40. The fraction of sp³-hybridized carbons (Fsp3) is 0.571. The molecule has 0 atom stereocenters. The zero-order valence-electron chi connectivity index (χ0n) is 6.57. The van der Waals surface area contributed by atoms with Crippen molar-refractivity contribution in [2.24, 2.45) is 0 Å². The molecule has 1 aromatic rings. The van der Waals surface area contributed by atoms with E-state index in [1.165, 1.54) is 12.8 Å². The molecule has 11 heavy (non-hydrogen) atoms. The van der Waals surface area contributed by atoms with Gasteiger partial charge >= 0.3 is 0 Å². The molecule has 2 nitrogen and oxygen atoms in total. The van der Waals surface area contributed by atoms with Gasteiger partial charge in [-0.3, -0.25) is 0 Å². The monoisotopic (exact) mass is 284 g/mol. The second-order valence-corrected chi connectivity index (χ2v) is 2.85. The summed E-state index contributed by atoms with van der Waals surface area (Å²) in [7, 11) is 0. The molecule has 0 unspecified atom stereocenters. The van der Waals surface area contributed by atoms with Crippen LogP contribution in [-0.4, -0.2) is 3.97 Å². The van der Waals surface area contributed by atoms with Crippen molar-refractivity contribution in [1.82, 2.24) is 3.97 Å². The van der Waals surface area contributed by atoms with E-state index >= 15 is 0 Å². The molecule has 4 heteroatoms. The molecule has 0 aliphatic heterocycles. The van der Waals surface area contributed by atoms with Gasteiger partial charge in [-0.25, -0.2) is 4.57 Å². The third-order valence-electron chi connectivity index (χ3n) is 1.45. The van der Waals surface area contributed by atoms with Gasteiger partial charge in [-0.2, -0.15) is 3.97 Å². The molecule has 0 radical (unpaired) electrons. The normalized spacial score (nSPS) is 9.27. The van der Waals surface area contributed by atoms with Crippen LogP contribution in [0.2, 0.25) is 0 Å². The summed E-state index contributed by atoms with van der Waals surface area (Å²) in [6.45, 7) is 3.29. The van der Waals surface area contributed by atoms with Gasteiger partial charge in [0.05, 0.1) is 6.54 Å². The summed E-state index contributed by atoms with van der Waals surface area (Å²) in [5.74, 6) is 0. The largest absolute Gasteiger partial charge is 1.00 e. The van der Waals surface area contributed by atoms with Crippen molar-refractivity contribution < 1.29 is 28.5 Å². The molecule has 0 amide bonds. The zero-order valence-corrected chi connectivity index (χ0v) is 9.62. The average Bonchev–Trinajstić information content (AvgIpc) is 2.31. The van der Waals surface area contributed by atoms with Crippen LogP contribution < -0.4 is 28.5 Å². The molecule has 0 aliphatic carbocycles. The van der Waals surface area contributed by atoms with Crippen LogP contribution in [-0.2, 0) is 6.54 Å². The highest BCUT2D eigenvalue weighted by atomic mass is 127. The number of thiol groups is 1. The van der Waals surface area contributed by atoms with Crippen molar-refractivity contribution >= 4 is 12.8 Å². The van der Waals surface area contributed by atoms with Gasteiger partial charge in [0.2, 0.25) is 0 Å². The molecule has 0 fully saturated rings. The van der Waals surface area contributed by atoms with Crippen molar-refractivity contribution in [1.29, 1.82) is 0 Å². The SMILES string of the molecule is CCCC[n+]1ccn(S)c1.[I-]. The maximum absolute atomic E-state index is 4.12. The van der Waals surface area contributed by atoms with Gasteiger partial charge in [0.15, 0.2) is 0 Å². The predicted molar refractivity (Wildman–Crippen MR) is 43.9 cm³/mol. The van der Waals surface area contributed by atoms with Crippen molar-refractivity contribution in [3.8, 4) is 0 Å². The maximum atomic E-state index is 4.12. The molecular weight excluding hydrogens is 271 g/mol. The molecule has 0 aromatic carbocycles. The summed E-state index contributed by atoms with van der Waals surface area (Å²) >= 11 is 4.12. The highest BCUT2D eigenvalue weighted by Gasteiger charge is 1.97. The van der Waals surface area contributed by atoms with Gasteiger partial charge in [-0.05, 0) is 6.42 Å². The Balaban J connectivity index is 0.000001000. The first kappa shape index (κ1) is 11.3. The molecule has 0 aliphatic rings. The molecular formula is C7H13IN2S. The van der Waals surface area contributed by atoms with Gasteiger partial charge in [0, 0.05) is 12.8 Å². The van der Waals surface area contributed by atoms with Crippen LogP contribution in [0.1, 0.15) is 19.8 Å². The van der Waals surface area contributed by atoms with Crippen molar-refractivity contribution in [2.75, 3.05) is 0 Å². The smallest absolute Gasteiger partial charge is 0.255 e. The third-order valence-corrected chi connectivity index (χ3v) is 1.68. The lowest BCUT2D eigenvalue weighted by molar-refractivity contribution is -0.696. The highest BCUT2D eigenvalue weighted by molar-refractivity contribution is 7.78. The Bertz CT molecular complexity index is 200. The van der Waals surface area contributed by atoms with Crippen LogP contribution in [0.3, 0.4) is 0 Å². The van der Waals surface area contributed by atoms with Crippen LogP contribution in [0.5, 0.6) is 0 Å². The van der Waals surface area contributed by atoms with Gasteiger partial charge in [-0.1, -0.05) is 13.3 Å². The van der Waals surface area contributed by atoms with Crippen LogP contribution in [0.15, 0.2) is 18.7 Å². The van der Waals surface area contributed by atoms with E-state index < -0.39 is 0 Å². The number of hydrogen-bond acceptors (Lipinski definition) is 1. The molecule has 64 valence electrons. The Labute approximate surface area is 90.2 Å². The lowest BCUT2D eigenvalue weighted by Crippen LogP contribution is -3.00. The van der Waals surface area contributed by atoms with Crippen LogP contribution in [0, 0.1) is 0 Å². The first-order valence-corrected chi connectivity index (χ1v) is 3.99. The molecule has 0 saturated heterocycles. The summed E-state index contributed by atoms with van der Waals surface area (Å²) < 4.78 is 3.89. The quantitative estimate of drug-likeness (QED) is 0.384. The maximum Gasteiger partial charge on any atom is 0.255 e. The van der Waals surface area contributed by atoms with Gasteiger partial charge in [-0.15, -0.1) is 0 Å². The second-order valence-electron chi connectivity index (χ2n) is 2.39. The van der Waals surface area contributed by atoms with Crippen molar-refractivity contribution in [3.05, 3.63) is 18.7 Å². The van der Waals surface area contributed by atoms with Crippen molar-refractivity contribution in [2.45, 2.75) is 26.3 Å². The number of halogens is 1. The summed E-state index contributed by atoms with van der Waals surface area (Å²) in [6, 6.07) is 0. The third kappa shape index (κ3) is 4.00. The van der Waals surface area contributed by atoms with E-state index in [9.17, 15) is 0 Å². The van der Waals surface area contributed by atoms with Gasteiger partial charge in [0.1, 0.15) is 12.4 Å². The molecule has 1 heterocycles. The Morgan fingerprint density at radius 3 is 2.73 bits per heavy atom. The fourth-order valence-corrected chi connectivity index (χ4v) is 1.05. The number of unbranched alkanes of at least 4 members (excludes halogenated alkanes) is 1. The number of nitrogens with zero attached hydrogens (tertiary/aromatic N) is 2. The fourth-order valence-electron chi connectivity index (χ4n) is 0.856. The van der Waals surface area contributed by atoms with Gasteiger partial charge in [0.25, 0.3) is 6.33 Å². The molecule has 1 rings (SSSR count). The minimum atomic E-state index is 0. The highest BCUT2D eigenvalue weighted by Crippen LogP contribution is 1.88. The van der Waals surface area contributed by atoms with Crippen LogP contribution in [0.25, 0.3) is 0 Å². The summed E-state index contributed by atoms with van der Waals surface area (Å²) in [4.78, 5) is 0. The Kier molecular flexibility index (Phi) is 6.03. The Hall–Kier alpha value is 0.290. The lowest BCUT2D eigenvalue weighted by atomic mass is 10.3. The first-order chi connectivity index (χ1) is 4.83. The standard InChI is InChI=1S/C7H13N2S.HI/c1-2-3-4-8-5-6-9(10)7-8;/h5-7,10H,2-4H2,1H3;1H/q+1;/p-1. The van der Waals surface area contributed by atoms with Crippen LogP contribution in [0.4, 0.5) is 0 Å². The summed E-state index contributed by atoms with van der Waals surface area (Å²) in [5, 5.41) is 0. The Morgan fingerprint density at radius 1 is 1.55 bits per heavy atom. The summed E-state index contributed by atoms with van der Waals surface area (Å²) in [6.07, 6.45) is 8.41. The van der Waals surface area contributed by atoms with Gasteiger partial charge < -0.3 is 24.0 Å². The molecule has 1 aromatic heterocycles.